The predicted octanol–water partition coefficient (Wildman–Crippen LogP) is 2.95. The molecule has 0 unspecified atom stereocenters. The number of fused-ring (bicyclic) bond motifs is 1. The van der Waals surface area contributed by atoms with Crippen molar-refractivity contribution in [2.45, 2.75) is 13.3 Å². The molecule has 0 fully saturated rings. The number of aryl methyl sites for hydroxylation is 1. The first kappa shape index (κ1) is 6.47. The Kier molecular flexibility index (Phi) is 1.42. The van der Waals surface area contributed by atoms with Gasteiger partial charge in [-0.2, -0.15) is 0 Å². The molecule has 1 nitrogen and oxygen atoms in total. The van der Waals surface area contributed by atoms with Gasteiger partial charge in [0.1, 0.15) is 0 Å². The van der Waals surface area contributed by atoms with Crippen LogP contribution < -0.4 is 0 Å². The summed E-state index contributed by atoms with van der Waals surface area (Å²) in [4.78, 5) is 0. The maximum absolute atomic E-state index is 5.09. The summed E-state index contributed by atoms with van der Waals surface area (Å²) in [5.74, 6) is 0. The van der Waals surface area contributed by atoms with Crippen LogP contribution in [0.1, 0.15) is 12.5 Å². The first-order valence-corrected chi connectivity index (χ1v) is 3.85. The van der Waals surface area contributed by atoms with Gasteiger partial charge in [0.25, 0.3) is 0 Å². The second kappa shape index (κ2) is 2.42. The van der Waals surface area contributed by atoms with Crippen molar-refractivity contribution in [3.63, 3.8) is 0 Å². The van der Waals surface area contributed by atoms with Crippen LogP contribution in [0.4, 0.5) is 0 Å². The lowest BCUT2D eigenvalue weighted by atomic mass is 10.1. The molecule has 11 heavy (non-hydrogen) atoms. The highest BCUT2D eigenvalue weighted by Gasteiger charge is 2.06. The molecule has 2 rings (SSSR count). The van der Waals surface area contributed by atoms with Crippen molar-refractivity contribution in [1.29, 1.82) is 0 Å². The van der Waals surface area contributed by atoms with Crippen LogP contribution in [0.3, 0.4) is 0 Å². The highest BCUT2D eigenvalue weighted by atomic mass is 16.3. The van der Waals surface area contributed by atoms with Crippen molar-refractivity contribution in [1.82, 2.24) is 0 Å². The van der Waals surface area contributed by atoms with Gasteiger partial charge in [0, 0.05) is 5.56 Å². The molecule has 1 aliphatic carbocycles. The number of hydrogen-bond donors (Lipinski definition) is 0. The molecular weight excluding hydrogens is 136 g/mol. The average Bonchev–Trinajstić information content (AvgIpc) is 2.47. The zero-order valence-corrected chi connectivity index (χ0v) is 6.50. The van der Waals surface area contributed by atoms with Crippen LogP contribution in [0.5, 0.6) is 0 Å². The van der Waals surface area contributed by atoms with E-state index >= 15 is 0 Å². The van der Waals surface area contributed by atoms with Crippen LogP contribution in [0.15, 0.2) is 35.1 Å². The molecule has 0 amide bonds. The monoisotopic (exact) mass is 146 g/mol. The second-order valence-electron chi connectivity index (χ2n) is 2.64. The Morgan fingerprint density at radius 1 is 1.27 bits per heavy atom. The summed E-state index contributed by atoms with van der Waals surface area (Å²) in [6, 6.07) is 6.28. The maximum Gasteiger partial charge on any atom is 0.0982 e. The van der Waals surface area contributed by atoms with E-state index in [1.807, 2.05) is 12.3 Å². The third kappa shape index (κ3) is 0.929. The Labute approximate surface area is 66.0 Å². The van der Waals surface area contributed by atoms with Gasteiger partial charge in [0.05, 0.1) is 12.5 Å². The minimum atomic E-state index is 1.07. The summed E-state index contributed by atoms with van der Waals surface area (Å²) in [5, 5.41) is 0. The van der Waals surface area contributed by atoms with Crippen molar-refractivity contribution in [2.75, 3.05) is 0 Å². The summed E-state index contributed by atoms with van der Waals surface area (Å²) in [6.07, 6.45) is 4.60. The van der Waals surface area contributed by atoms with Gasteiger partial charge in [-0.25, -0.2) is 0 Å². The van der Waals surface area contributed by atoms with Crippen molar-refractivity contribution in [2.24, 2.45) is 0 Å². The van der Waals surface area contributed by atoms with Crippen LogP contribution in [-0.4, -0.2) is 0 Å². The van der Waals surface area contributed by atoms with Crippen LogP contribution in [0, 0.1) is 0 Å². The van der Waals surface area contributed by atoms with Crippen molar-refractivity contribution in [3.05, 3.63) is 36.3 Å². The molecule has 0 aromatic carbocycles. The summed E-state index contributed by atoms with van der Waals surface area (Å²) in [7, 11) is 0. The first-order valence-electron chi connectivity index (χ1n) is 3.85. The van der Waals surface area contributed by atoms with E-state index in [2.05, 4.69) is 19.1 Å². The van der Waals surface area contributed by atoms with Gasteiger partial charge >= 0.3 is 0 Å². The Morgan fingerprint density at radius 2 is 2.18 bits per heavy atom. The normalized spacial score (nSPS) is 10.6. The summed E-state index contributed by atoms with van der Waals surface area (Å²) in [5.41, 5.74) is 3.88. The van der Waals surface area contributed by atoms with E-state index in [4.69, 9.17) is 4.42 Å². The van der Waals surface area contributed by atoms with E-state index in [0.717, 1.165) is 6.42 Å². The highest BCUT2D eigenvalue weighted by molar-refractivity contribution is 5.69. The summed E-state index contributed by atoms with van der Waals surface area (Å²) in [6.45, 7) is 2.15. The van der Waals surface area contributed by atoms with E-state index in [1.54, 1.807) is 6.26 Å². The highest BCUT2D eigenvalue weighted by Crippen LogP contribution is 2.27. The fraction of sp³-hybridized carbons (Fsp3) is 0.200. The smallest absolute Gasteiger partial charge is 0.0982 e. The largest absolute Gasteiger partial charge is 0.472 e. The van der Waals surface area contributed by atoms with Gasteiger partial charge in [-0.1, -0.05) is 19.1 Å². The van der Waals surface area contributed by atoms with Crippen LogP contribution in [0.2, 0.25) is 0 Å². The molecule has 1 aliphatic heterocycles. The molecule has 0 saturated heterocycles. The summed E-state index contributed by atoms with van der Waals surface area (Å²) < 4.78 is 5.09. The molecule has 56 valence electrons. The lowest BCUT2D eigenvalue weighted by Gasteiger charge is -1.98. The molecule has 0 bridgehead atoms. The van der Waals surface area contributed by atoms with Gasteiger partial charge in [-0.3, -0.25) is 0 Å². The van der Waals surface area contributed by atoms with E-state index in [9.17, 15) is 0 Å². The molecule has 0 radical (unpaired) electrons. The molecule has 0 N–H and O–H groups in total. The number of rotatable bonds is 1. The molecule has 2 aliphatic rings. The number of hydrogen-bond acceptors (Lipinski definition) is 1. The molecule has 0 atom stereocenters. The van der Waals surface area contributed by atoms with E-state index in [1.165, 1.54) is 16.7 Å². The van der Waals surface area contributed by atoms with Crippen molar-refractivity contribution in [3.8, 4) is 11.1 Å². The van der Waals surface area contributed by atoms with Gasteiger partial charge in [-0.05, 0) is 23.6 Å². The zero-order valence-electron chi connectivity index (χ0n) is 6.50. The molecule has 1 heterocycles. The third-order valence-electron chi connectivity index (χ3n) is 2.01. The molecule has 1 heteroatoms. The minimum absolute atomic E-state index is 1.07. The first-order chi connectivity index (χ1) is 5.42. The quantitative estimate of drug-likeness (QED) is 0.602. The lowest BCUT2D eigenvalue weighted by molar-refractivity contribution is 0.551. The average molecular weight is 146 g/mol. The predicted molar refractivity (Wildman–Crippen MR) is 44.7 cm³/mol. The SMILES string of the molecule is CCc1ccc2ccocc1-2. The molecule has 0 saturated carbocycles. The van der Waals surface area contributed by atoms with Crippen LogP contribution in [0.25, 0.3) is 11.1 Å². The molecule has 0 spiro atoms. The van der Waals surface area contributed by atoms with Crippen molar-refractivity contribution < 1.29 is 4.42 Å². The van der Waals surface area contributed by atoms with Crippen molar-refractivity contribution >= 4 is 0 Å². The molecule has 0 aromatic rings. The Hall–Kier alpha value is -1.24. The second-order valence-corrected chi connectivity index (χ2v) is 2.64. The van der Waals surface area contributed by atoms with Crippen LogP contribution >= 0.6 is 0 Å². The Balaban J connectivity index is 2.64. The third-order valence-corrected chi connectivity index (χ3v) is 2.01. The van der Waals surface area contributed by atoms with Gasteiger partial charge in [-0.15, -0.1) is 0 Å². The topological polar surface area (TPSA) is 13.1 Å². The lowest BCUT2D eigenvalue weighted by Crippen LogP contribution is -1.78. The Bertz CT molecular complexity index is 322. The fourth-order valence-electron chi connectivity index (χ4n) is 1.37. The van der Waals surface area contributed by atoms with Gasteiger partial charge in [0.2, 0.25) is 0 Å². The fourth-order valence-corrected chi connectivity index (χ4v) is 1.37. The minimum Gasteiger partial charge on any atom is -0.472 e. The maximum atomic E-state index is 5.09. The van der Waals surface area contributed by atoms with Crippen LogP contribution in [-0.2, 0) is 6.42 Å². The molecular formula is C10H10O. The van der Waals surface area contributed by atoms with E-state index < -0.39 is 0 Å². The van der Waals surface area contributed by atoms with Gasteiger partial charge < -0.3 is 4.42 Å². The standard InChI is InChI=1S/C10H10O/c1-2-8-3-4-9-5-6-11-7-10(8)9/h3-7H,2H2,1H3. The van der Waals surface area contributed by atoms with E-state index in [0.29, 0.717) is 0 Å². The zero-order chi connectivity index (χ0) is 7.68. The Morgan fingerprint density at radius 3 is 3.00 bits per heavy atom. The van der Waals surface area contributed by atoms with Gasteiger partial charge in [0.15, 0.2) is 0 Å². The molecule has 0 aromatic heterocycles. The summed E-state index contributed by atoms with van der Waals surface area (Å²) >= 11 is 0. The van der Waals surface area contributed by atoms with E-state index in [-0.39, 0.29) is 0 Å².